The third-order valence-electron chi connectivity index (χ3n) is 4.06. The zero-order valence-electron chi connectivity index (χ0n) is 10.5. The van der Waals surface area contributed by atoms with E-state index >= 15 is 0 Å². The first-order valence-corrected chi connectivity index (χ1v) is 6.39. The summed E-state index contributed by atoms with van der Waals surface area (Å²) < 4.78 is 13.0. The van der Waals surface area contributed by atoms with Crippen molar-refractivity contribution in [3.8, 4) is 0 Å². The van der Waals surface area contributed by atoms with Gasteiger partial charge in [-0.05, 0) is 36.5 Å². The predicted octanol–water partition coefficient (Wildman–Crippen LogP) is 3.64. The topological polar surface area (TPSA) is 38.0 Å². The van der Waals surface area contributed by atoms with Gasteiger partial charge in [0.05, 0.1) is 11.4 Å². The number of hydrogen-bond donors (Lipinski definition) is 2. The van der Waals surface area contributed by atoms with Gasteiger partial charge in [0, 0.05) is 6.04 Å². The van der Waals surface area contributed by atoms with Crippen LogP contribution in [0.3, 0.4) is 0 Å². The van der Waals surface area contributed by atoms with Crippen LogP contribution < -0.4 is 11.1 Å². The van der Waals surface area contributed by atoms with Crippen LogP contribution in [0.1, 0.15) is 33.1 Å². The molecule has 0 spiro atoms. The molecule has 3 unspecified atom stereocenters. The van der Waals surface area contributed by atoms with Gasteiger partial charge in [-0.25, -0.2) is 4.39 Å². The Bertz CT molecular complexity index is 392. The average molecular weight is 236 g/mol. The first-order valence-electron chi connectivity index (χ1n) is 6.39. The van der Waals surface area contributed by atoms with Crippen molar-refractivity contribution in [3.05, 3.63) is 24.0 Å². The summed E-state index contributed by atoms with van der Waals surface area (Å²) in [5.74, 6) is 1.09. The molecular formula is C14H21FN2. The zero-order valence-corrected chi connectivity index (χ0v) is 10.5. The highest BCUT2D eigenvalue weighted by Gasteiger charge is 2.27. The van der Waals surface area contributed by atoms with E-state index in [0.29, 0.717) is 17.6 Å². The number of benzene rings is 1. The van der Waals surface area contributed by atoms with Gasteiger partial charge in [-0.15, -0.1) is 0 Å². The van der Waals surface area contributed by atoms with Gasteiger partial charge >= 0.3 is 0 Å². The van der Waals surface area contributed by atoms with Crippen molar-refractivity contribution < 1.29 is 4.39 Å². The van der Waals surface area contributed by atoms with Gasteiger partial charge in [-0.1, -0.05) is 26.7 Å². The van der Waals surface area contributed by atoms with Crippen LogP contribution in [-0.2, 0) is 0 Å². The second kappa shape index (κ2) is 4.94. The second-order valence-corrected chi connectivity index (χ2v) is 5.25. The van der Waals surface area contributed by atoms with Crippen molar-refractivity contribution in [3.63, 3.8) is 0 Å². The molecule has 0 amide bonds. The molecule has 1 aliphatic rings. The van der Waals surface area contributed by atoms with Crippen molar-refractivity contribution in [2.75, 3.05) is 11.1 Å². The van der Waals surface area contributed by atoms with Gasteiger partial charge in [0.15, 0.2) is 0 Å². The maximum Gasteiger partial charge on any atom is 0.125 e. The molecule has 0 radical (unpaired) electrons. The molecular weight excluding hydrogens is 215 g/mol. The predicted molar refractivity (Wildman–Crippen MR) is 70.4 cm³/mol. The van der Waals surface area contributed by atoms with Crippen LogP contribution >= 0.6 is 0 Å². The van der Waals surface area contributed by atoms with Crippen molar-refractivity contribution in [2.45, 2.75) is 39.2 Å². The summed E-state index contributed by atoms with van der Waals surface area (Å²) in [6.45, 7) is 4.58. The summed E-state index contributed by atoms with van der Waals surface area (Å²) in [6.07, 6.45) is 3.73. The van der Waals surface area contributed by atoms with Crippen LogP contribution in [0.2, 0.25) is 0 Å². The Labute approximate surface area is 102 Å². The number of anilines is 2. The average Bonchev–Trinajstić information content (AvgIpc) is 2.28. The molecule has 0 aliphatic heterocycles. The quantitative estimate of drug-likeness (QED) is 0.769. The van der Waals surface area contributed by atoms with Crippen LogP contribution in [0.5, 0.6) is 0 Å². The van der Waals surface area contributed by atoms with Gasteiger partial charge in [-0.2, -0.15) is 0 Å². The Morgan fingerprint density at radius 2 is 2.06 bits per heavy atom. The van der Waals surface area contributed by atoms with E-state index in [1.165, 1.54) is 31.4 Å². The highest BCUT2D eigenvalue weighted by molar-refractivity contribution is 5.66. The van der Waals surface area contributed by atoms with Gasteiger partial charge in [0.1, 0.15) is 5.82 Å². The number of rotatable bonds is 2. The third-order valence-corrected chi connectivity index (χ3v) is 4.06. The van der Waals surface area contributed by atoms with E-state index in [1.54, 1.807) is 6.07 Å². The summed E-state index contributed by atoms with van der Waals surface area (Å²) in [7, 11) is 0. The molecule has 94 valence electrons. The fourth-order valence-corrected chi connectivity index (χ4v) is 2.65. The van der Waals surface area contributed by atoms with E-state index < -0.39 is 0 Å². The molecule has 1 aromatic carbocycles. The Morgan fingerprint density at radius 1 is 1.29 bits per heavy atom. The van der Waals surface area contributed by atoms with Crippen LogP contribution in [0.4, 0.5) is 15.8 Å². The summed E-state index contributed by atoms with van der Waals surface area (Å²) in [4.78, 5) is 0. The van der Waals surface area contributed by atoms with Gasteiger partial charge in [-0.3, -0.25) is 0 Å². The lowest BCUT2D eigenvalue weighted by Crippen LogP contribution is -2.35. The van der Waals surface area contributed by atoms with Gasteiger partial charge in [0.2, 0.25) is 0 Å². The van der Waals surface area contributed by atoms with E-state index in [0.717, 1.165) is 11.6 Å². The first kappa shape index (κ1) is 12.2. The maximum absolute atomic E-state index is 13.0. The fraction of sp³-hybridized carbons (Fsp3) is 0.571. The van der Waals surface area contributed by atoms with E-state index in [2.05, 4.69) is 19.2 Å². The molecule has 0 saturated heterocycles. The Morgan fingerprint density at radius 3 is 2.76 bits per heavy atom. The molecule has 0 aromatic heterocycles. The van der Waals surface area contributed by atoms with Gasteiger partial charge < -0.3 is 11.1 Å². The molecule has 2 rings (SSSR count). The van der Waals surface area contributed by atoms with Crippen molar-refractivity contribution in [2.24, 2.45) is 11.8 Å². The lowest BCUT2D eigenvalue weighted by molar-refractivity contribution is 0.253. The number of nitrogen functional groups attached to an aromatic ring is 1. The standard InChI is InChI=1S/C14H21FN2/c1-9-4-3-5-13(10(9)2)17-14-7-6-11(15)8-12(14)16/h6-10,13,17H,3-5,16H2,1-2H3. The zero-order chi connectivity index (χ0) is 12.4. The highest BCUT2D eigenvalue weighted by atomic mass is 19.1. The second-order valence-electron chi connectivity index (χ2n) is 5.25. The van der Waals surface area contributed by atoms with E-state index in [1.807, 2.05) is 0 Å². The highest BCUT2D eigenvalue weighted by Crippen LogP contribution is 2.32. The van der Waals surface area contributed by atoms with E-state index in [-0.39, 0.29) is 5.82 Å². The first-order chi connectivity index (χ1) is 8.08. The normalized spacial score (nSPS) is 29.0. The fourth-order valence-electron chi connectivity index (χ4n) is 2.65. The summed E-state index contributed by atoms with van der Waals surface area (Å²) in [5, 5.41) is 3.46. The molecule has 3 N–H and O–H groups in total. The molecule has 3 heteroatoms. The smallest absolute Gasteiger partial charge is 0.125 e. The molecule has 3 atom stereocenters. The van der Waals surface area contributed by atoms with Gasteiger partial charge in [0.25, 0.3) is 0 Å². The summed E-state index contributed by atoms with van der Waals surface area (Å²) in [5.41, 5.74) is 7.17. The minimum atomic E-state index is -0.280. The van der Waals surface area contributed by atoms with Crippen LogP contribution in [0.25, 0.3) is 0 Å². The number of nitrogens with two attached hydrogens (primary N) is 1. The van der Waals surface area contributed by atoms with Crippen molar-refractivity contribution in [1.29, 1.82) is 0 Å². The minimum absolute atomic E-state index is 0.280. The molecule has 1 fully saturated rings. The summed E-state index contributed by atoms with van der Waals surface area (Å²) in [6, 6.07) is 5.01. The Balaban J connectivity index is 2.09. The molecule has 2 nitrogen and oxygen atoms in total. The Kier molecular flexibility index (Phi) is 3.55. The largest absolute Gasteiger partial charge is 0.397 e. The maximum atomic E-state index is 13.0. The lowest BCUT2D eigenvalue weighted by Gasteiger charge is -2.35. The Hall–Kier alpha value is -1.25. The third kappa shape index (κ3) is 2.71. The van der Waals surface area contributed by atoms with E-state index in [9.17, 15) is 4.39 Å². The molecule has 0 heterocycles. The molecule has 1 saturated carbocycles. The van der Waals surface area contributed by atoms with Crippen LogP contribution in [-0.4, -0.2) is 6.04 Å². The SMILES string of the molecule is CC1CCCC(Nc2ccc(F)cc2N)C1C. The van der Waals surface area contributed by atoms with Crippen LogP contribution in [0.15, 0.2) is 18.2 Å². The molecule has 0 bridgehead atoms. The summed E-state index contributed by atoms with van der Waals surface area (Å²) >= 11 is 0. The monoisotopic (exact) mass is 236 g/mol. The van der Waals surface area contributed by atoms with E-state index in [4.69, 9.17) is 5.73 Å². The lowest BCUT2D eigenvalue weighted by atomic mass is 9.78. The van der Waals surface area contributed by atoms with Crippen LogP contribution in [0, 0.1) is 17.7 Å². The number of nitrogens with one attached hydrogen (secondary N) is 1. The molecule has 1 aromatic rings. The molecule has 1 aliphatic carbocycles. The number of hydrogen-bond acceptors (Lipinski definition) is 2. The number of halogens is 1. The van der Waals surface area contributed by atoms with Crippen molar-refractivity contribution >= 4 is 11.4 Å². The van der Waals surface area contributed by atoms with Crippen molar-refractivity contribution in [1.82, 2.24) is 0 Å². The minimum Gasteiger partial charge on any atom is -0.397 e. The molecule has 17 heavy (non-hydrogen) atoms.